The number of methoxy groups -OCH3 is 1. The van der Waals surface area contributed by atoms with Crippen molar-refractivity contribution in [3.05, 3.63) is 53.7 Å². The molecule has 0 radical (unpaired) electrons. The summed E-state index contributed by atoms with van der Waals surface area (Å²) in [6.07, 6.45) is 2.78. The second-order valence-electron chi connectivity index (χ2n) is 5.95. The van der Waals surface area contributed by atoms with Gasteiger partial charge >= 0.3 is 5.97 Å². The number of carbonyl (C=O) groups is 1. The molecule has 0 amide bonds. The van der Waals surface area contributed by atoms with Crippen LogP contribution in [0.5, 0.6) is 0 Å². The molecule has 2 atom stereocenters. The first-order valence-electron chi connectivity index (χ1n) is 8.21. The van der Waals surface area contributed by atoms with Crippen LogP contribution < -0.4 is 5.32 Å². The molecule has 0 unspecified atom stereocenters. The Kier molecular flexibility index (Phi) is 5.33. The Morgan fingerprint density at radius 2 is 2.24 bits per heavy atom. The van der Waals surface area contributed by atoms with Crippen LogP contribution in [0, 0.1) is 6.92 Å². The van der Waals surface area contributed by atoms with Crippen molar-refractivity contribution in [3.8, 4) is 0 Å². The van der Waals surface area contributed by atoms with Crippen LogP contribution in [0.1, 0.15) is 42.1 Å². The van der Waals surface area contributed by atoms with Gasteiger partial charge < -0.3 is 19.4 Å². The first-order chi connectivity index (χ1) is 12.1. The van der Waals surface area contributed by atoms with Gasteiger partial charge in [0.2, 0.25) is 0 Å². The van der Waals surface area contributed by atoms with E-state index in [0.717, 1.165) is 17.2 Å². The van der Waals surface area contributed by atoms with Crippen LogP contribution >= 0.6 is 12.2 Å². The number of nitrogens with one attached hydrogen (secondary N) is 1. The Balaban J connectivity index is 1.85. The summed E-state index contributed by atoms with van der Waals surface area (Å²) in [7, 11) is 1.40. The van der Waals surface area contributed by atoms with Gasteiger partial charge in [-0.05, 0) is 49.8 Å². The largest absolute Gasteiger partial charge is 0.469 e. The fourth-order valence-corrected chi connectivity index (χ4v) is 3.40. The highest BCUT2D eigenvalue weighted by Crippen LogP contribution is 2.39. The van der Waals surface area contributed by atoms with E-state index in [1.807, 2.05) is 37.3 Å². The lowest BCUT2D eigenvalue weighted by Crippen LogP contribution is -2.30. The average molecular weight is 359 g/mol. The third kappa shape index (κ3) is 3.82. The zero-order valence-electron chi connectivity index (χ0n) is 14.3. The summed E-state index contributed by atoms with van der Waals surface area (Å²) >= 11 is 5.54. The number of aryl methyl sites for hydroxylation is 1. The molecule has 0 bridgehead atoms. The van der Waals surface area contributed by atoms with Crippen LogP contribution in [0.15, 0.2) is 40.9 Å². The van der Waals surface area contributed by atoms with Gasteiger partial charge in [0.05, 0.1) is 18.8 Å². The van der Waals surface area contributed by atoms with Gasteiger partial charge in [-0.2, -0.15) is 0 Å². The Hall–Kier alpha value is -2.41. The van der Waals surface area contributed by atoms with Crippen LogP contribution in [0.25, 0.3) is 0 Å². The monoisotopic (exact) mass is 359 g/mol. The van der Waals surface area contributed by atoms with Gasteiger partial charge in [-0.1, -0.05) is 6.07 Å². The van der Waals surface area contributed by atoms with Crippen molar-refractivity contribution >= 4 is 23.3 Å². The minimum absolute atomic E-state index is 0.0997. The number of thiocarbonyl (C=S) groups is 1. The number of hydrogen-bond acceptors (Lipinski definition) is 5. The predicted octanol–water partition coefficient (Wildman–Crippen LogP) is 2.91. The second kappa shape index (κ2) is 7.65. The molecule has 1 aliphatic heterocycles. The molecule has 1 aliphatic rings. The number of pyridine rings is 1. The molecule has 1 fully saturated rings. The van der Waals surface area contributed by atoms with E-state index in [-0.39, 0.29) is 18.1 Å². The number of hydrogen-bond donors (Lipinski definition) is 1. The molecular formula is C18H21N3O3S. The van der Waals surface area contributed by atoms with Crippen molar-refractivity contribution in [2.24, 2.45) is 0 Å². The molecule has 25 heavy (non-hydrogen) atoms. The molecule has 1 saturated heterocycles. The molecule has 132 valence electrons. The highest BCUT2D eigenvalue weighted by Gasteiger charge is 2.41. The highest BCUT2D eigenvalue weighted by atomic mass is 32.1. The number of esters is 1. The fourth-order valence-electron chi connectivity index (χ4n) is 3.06. The number of rotatable bonds is 6. The molecule has 3 rings (SSSR count). The molecule has 2 aromatic heterocycles. The van der Waals surface area contributed by atoms with Crippen molar-refractivity contribution in [2.45, 2.75) is 31.8 Å². The number of ether oxygens (including phenoxy) is 1. The van der Waals surface area contributed by atoms with E-state index in [9.17, 15) is 4.79 Å². The highest BCUT2D eigenvalue weighted by molar-refractivity contribution is 7.80. The lowest BCUT2D eigenvalue weighted by molar-refractivity contribution is -0.140. The molecule has 0 aliphatic carbocycles. The van der Waals surface area contributed by atoms with Crippen LogP contribution in [0.2, 0.25) is 0 Å². The van der Waals surface area contributed by atoms with Gasteiger partial charge in [-0.25, -0.2) is 0 Å². The SMILES string of the molecule is COC(=O)CCCN1C(=S)N[C@@H](c2ccccn2)[C@H]1c1ccc(C)o1. The number of nitrogens with zero attached hydrogens (tertiary/aromatic N) is 2. The molecule has 6 nitrogen and oxygen atoms in total. The Morgan fingerprint density at radius 1 is 1.40 bits per heavy atom. The molecule has 0 aromatic carbocycles. The summed E-state index contributed by atoms with van der Waals surface area (Å²) in [5.41, 5.74) is 0.902. The van der Waals surface area contributed by atoms with E-state index in [1.165, 1.54) is 7.11 Å². The van der Waals surface area contributed by atoms with Gasteiger partial charge in [0.25, 0.3) is 0 Å². The van der Waals surface area contributed by atoms with Gasteiger partial charge in [0, 0.05) is 19.2 Å². The summed E-state index contributed by atoms with van der Waals surface area (Å²) in [6, 6.07) is 9.53. The maximum Gasteiger partial charge on any atom is 0.305 e. The third-order valence-electron chi connectivity index (χ3n) is 4.26. The quantitative estimate of drug-likeness (QED) is 0.628. The Labute approximate surface area is 152 Å². The van der Waals surface area contributed by atoms with Crippen LogP contribution in [-0.2, 0) is 9.53 Å². The summed E-state index contributed by atoms with van der Waals surface area (Å²) in [6.45, 7) is 2.55. The molecule has 7 heteroatoms. The zero-order valence-corrected chi connectivity index (χ0v) is 15.1. The van der Waals surface area contributed by atoms with Crippen molar-refractivity contribution in [1.82, 2.24) is 15.2 Å². The normalized spacial score (nSPS) is 19.8. The smallest absolute Gasteiger partial charge is 0.305 e. The van der Waals surface area contributed by atoms with Crippen molar-refractivity contribution in [1.29, 1.82) is 0 Å². The van der Waals surface area contributed by atoms with Crippen molar-refractivity contribution in [2.75, 3.05) is 13.7 Å². The number of aromatic nitrogens is 1. The van der Waals surface area contributed by atoms with E-state index >= 15 is 0 Å². The lowest BCUT2D eigenvalue weighted by atomic mass is 10.0. The summed E-state index contributed by atoms with van der Waals surface area (Å²) in [5, 5.41) is 3.99. The number of carbonyl (C=O) groups excluding carboxylic acids is 1. The Bertz CT molecular complexity index is 747. The molecule has 0 saturated carbocycles. The van der Waals surface area contributed by atoms with E-state index < -0.39 is 0 Å². The van der Waals surface area contributed by atoms with Crippen molar-refractivity contribution in [3.63, 3.8) is 0 Å². The van der Waals surface area contributed by atoms with Crippen molar-refractivity contribution < 1.29 is 13.9 Å². The first-order valence-corrected chi connectivity index (χ1v) is 8.62. The fraction of sp³-hybridized carbons (Fsp3) is 0.389. The molecule has 1 N–H and O–H groups in total. The molecular weight excluding hydrogens is 338 g/mol. The predicted molar refractivity (Wildman–Crippen MR) is 96.9 cm³/mol. The average Bonchev–Trinajstić information content (AvgIpc) is 3.19. The van der Waals surface area contributed by atoms with Gasteiger partial charge in [0.1, 0.15) is 17.6 Å². The van der Waals surface area contributed by atoms with E-state index in [0.29, 0.717) is 24.5 Å². The number of furan rings is 1. The Morgan fingerprint density at radius 3 is 2.88 bits per heavy atom. The zero-order chi connectivity index (χ0) is 17.8. The standard InChI is InChI=1S/C18H21N3O3S/c1-12-8-9-14(24-12)17-16(13-6-3-4-10-19-13)20-18(25)21(17)11-5-7-15(22)23-2/h3-4,6,8-10,16-17H,5,7,11H2,1-2H3,(H,20,25)/t16-,17+/m0/s1. The maximum absolute atomic E-state index is 11.4. The minimum atomic E-state index is -0.218. The lowest BCUT2D eigenvalue weighted by Gasteiger charge is -2.25. The van der Waals surface area contributed by atoms with Gasteiger partial charge in [-0.15, -0.1) is 0 Å². The third-order valence-corrected chi connectivity index (χ3v) is 4.61. The maximum atomic E-state index is 11.4. The van der Waals surface area contributed by atoms with Crippen LogP contribution in [0.3, 0.4) is 0 Å². The minimum Gasteiger partial charge on any atom is -0.469 e. The van der Waals surface area contributed by atoms with E-state index in [4.69, 9.17) is 21.4 Å². The van der Waals surface area contributed by atoms with Gasteiger partial charge in [-0.3, -0.25) is 9.78 Å². The first kappa shape index (κ1) is 17.4. The molecule has 0 spiro atoms. The van der Waals surface area contributed by atoms with E-state index in [2.05, 4.69) is 15.2 Å². The summed E-state index contributed by atoms with van der Waals surface area (Å²) in [5.74, 6) is 1.46. The van der Waals surface area contributed by atoms with Crippen LogP contribution in [0.4, 0.5) is 0 Å². The molecule has 3 heterocycles. The topological polar surface area (TPSA) is 67.6 Å². The summed E-state index contributed by atoms with van der Waals surface area (Å²) in [4.78, 5) is 17.9. The molecule has 2 aromatic rings. The van der Waals surface area contributed by atoms with Crippen LogP contribution in [-0.4, -0.2) is 34.6 Å². The summed E-state index contributed by atoms with van der Waals surface area (Å²) < 4.78 is 10.6. The second-order valence-corrected chi connectivity index (χ2v) is 6.33. The van der Waals surface area contributed by atoms with Gasteiger partial charge in [0.15, 0.2) is 5.11 Å². The van der Waals surface area contributed by atoms with E-state index in [1.54, 1.807) is 6.20 Å².